The van der Waals surface area contributed by atoms with Crippen molar-refractivity contribution in [1.29, 1.82) is 0 Å². The molecule has 9 nitrogen and oxygen atoms in total. The molecule has 0 saturated heterocycles. The lowest BCUT2D eigenvalue weighted by atomic mass is 9.67. The van der Waals surface area contributed by atoms with E-state index >= 15 is 8.78 Å². The minimum absolute atomic E-state index is 0.0221. The Morgan fingerprint density at radius 1 is 0.816 bits per heavy atom. The van der Waals surface area contributed by atoms with E-state index in [0.29, 0.717) is 16.7 Å². The third-order valence-electron chi connectivity index (χ3n) is 8.15. The summed E-state index contributed by atoms with van der Waals surface area (Å²) < 4.78 is 57.7. The van der Waals surface area contributed by atoms with Gasteiger partial charge in [-0.05, 0) is 109 Å². The first-order chi connectivity index (χ1) is 22.9. The van der Waals surface area contributed by atoms with Crippen LogP contribution in [0.3, 0.4) is 0 Å². The van der Waals surface area contributed by atoms with E-state index in [-0.39, 0.29) is 55.4 Å². The molecule has 0 saturated carbocycles. The Hall–Kier alpha value is -4.51. The van der Waals surface area contributed by atoms with Crippen LogP contribution >= 0.6 is 0 Å². The third-order valence-corrected chi connectivity index (χ3v) is 8.15. The van der Waals surface area contributed by atoms with E-state index < -0.39 is 50.9 Å². The van der Waals surface area contributed by atoms with E-state index in [1.807, 2.05) is 0 Å². The fraction of sp³-hybridized carbons (Fsp3) is 0.447. The maximum atomic E-state index is 15.5. The van der Waals surface area contributed by atoms with Crippen molar-refractivity contribution in [2.45, 2.75) is 84.8 Å². The van der Waals surface area contributed by atoms with E-state index in [1.54, 1.807) is 85.8 Å². The van der Waals surface area contributed by atoms with E-state index in [4.69, 9.17) is 23.7 Å². The Labute approximate surface area is 286 Å². The average Bonchev–Trinajstić information content (AvgIpc) is 3.18. The number of carbonyl (C=O) groups excluding carboxylic acids is 3. The molecule has 1 aliphatic carbocycles. The number of amides is 2. The predicted octanol–water partition coefficient (Wildman–Crippen LogP) is 8.45. The zero-order valence-corrected chi connectivity index (χ0v) is 29.7. The largest absolute Gasteiger partial charge is 0.532 e. The van der Waals surface area contributed by atoms with Crippen LogP contribution in [0.4, 0.5) is 18.4 Å². The third kappa shape index (κ3) is 7.72. The molecule has 49 heavy (non-hydrogen) atoms. The number of hydrogen-bond acceptors (Lipinski definition) is 8. The summed E-state index contributed by atoms with van der Waals surface area (Å²) in [5.74, 6) is -1.81. The highest BCUT2D eigenvalue weighted by atomic mass is 19.1. The molecule has 2 aliphatic rings. The van der Waals surface area contributed by atoms with Crippen LogP contribution in [0.25, 0.3) is 0 Å². The van der Waals surface area contributed by atoms with Crippen molar-refractivity contribution >= 4 is 18.2 Å². The highest BCUT2D eigenvalue weighted by Gasteiger charge is 2.57. The second kappa shape index (κ2) is 14.2. The van der Waals surface area contributed by atoms with E-state index in [0.717, 1.165) is 0 Å². The molecule has 0 fully saturated rings. The van der Waals surface area contributed by atoms with Crippen molar-refractivity contribution in [1.82, 2.24) is 0 Å². The summed E-state index contributed by atoms with van der Waals surface area (Å²) in [5.41, 5.74) is -1.58. The number of methoxy groups -OCH3 is 1. The van der Waals surface area contributed by atoms with Gasteiger partial charge in [0.25, 0.3) is 0 Å². The Morgan fingerprint density at radius 3 is 1.71 bits per heavy atom. The Bertz CT molecular complexity index is 1630. The molecule has 1 heterocycles. The van der Waals surface area contributed by atoms with Crippen molar-refractivity contribution < 1.29 is 51.3 Å². The van der Waals surface area contributed by atoms with Crippen LogP contribution in [-0.4, -0.2) is 60.7 Å². The highest BCUT2D eigenvalue weighted by molar-refractivity contribution is 5.90. The van der Waals surface area contributed by atoms with E-state index in [1.165, 1.54) is 31.4 Å². The number of imide groups is 1. The van der Waals surface area contributed by atoms with Gasteiger partial charge in [0.1, 0.15) is 17.7 Å². The molecule has 1 aliphatic heterocycles. The lowest BCUT2D eigenvalue weighted by Gasteiger charge is -2.39. The summed E-state index contributed by atoms with van der Waals surface area (Å²) in [7, 11) is 1.24. The zero-order valence-electron chi connectivity index (χ0n) is 29.7. The van der Waals surface area contributed by atoms with Crippen LogP contribution in [0.2, 0.25) is 0 Å². The number of hydrogen-bond donors (Lipinski definition) is 0. The summed E-state index contributed by atoms with van der Waals surface area (Å²) in [4.78, 5) is 41.7. The standard InChI is InChI=1S/C38H46F2NO8/c1-10-46-31-14-12-26(21-28(31)39)38(27-13-15-32(47-11-2)29(40)22-27)18-16-30-25(23-38)20-24(33(42)45-9)17-19-41(30,34(43)48-36(3,4)5)35(44)49-37(6,7)8/h12-16,18,20-22H,10-11,17,19,23H2,1-9H3/q+1. The van der Waals surface area contributed by atoms with Crippen LogP contribution in [0.15, 0.2) is 71.5 Å². The molecule has 0 bridgehead atoms. The van der Waals surface area contributed by atoms with Gasteiger partial charge in [-0.1, -0.05) is 22.7 Å². The molecule has 2 amide bonds. The quantitative estimate of drug-likeness (QED) is 0.163. The molecule has 0 aromatic heterocycles. The van der Waals surface area contributed by atoms with Gasteiger partial charge in [0.2, 0.25) is 0 Å². The first-order valence-electron chi connectivity index (χ1n) is 16.3. The molecular formula is C38H46F2NO8+. The summed E-state index contributed by atoms with van der Waals surface area (Å²) in [5, 5.41) is 0. The van der Waals surface area contributed by atoms with Crippen LogP contribution in [0.1, 0.15) is 79.4 Å². The summed E-state index contributed by atoms with van der Waals surface area (Å²) in [6, 6.07) is 9.02. The first kappa shape index (κ1) is 37.3. The lowest BCUT2D eigenvalue weighted by Crippen LogP contribution is -2.59. The van der Waals surface area contributed by atoms with Crippen molar-refractivity contribution in [3.63, 3.8) is 0 Å². The van der Waals surface area contributed by atoms with Crippen molar-refractivity contribution in [2.75, 3.05) is 26.9 Å². The number of ether oxygens (including phenoxy) is 5. The van der Waals surface area contributed by atoms with Crippen molar-refractivity contribution in [3.8, 4) is 11.5 Å². The molecule has 2 aromatic rings. The Kier molecular flexibility index (Phi) is 10.8. The Morgan fingerprint density at radius 2 is 1.31 bits per heavy atom. The number of halogens is 2. The molecule has 0 radical (unpaired) electrons. The fourth-order valence-electron chi connectivity index (χ4n) is 6.06. The summed E-state index contributed by atoms with van der Waals surface area (Å²) in [6.45, 7) is 13.9. The molecule has 0 atom stereocenters. The van der Waals surface area contributed by atoms with Gasteiger partial charge < -0.3 is 23.7 Å². The van der Waals surface area contributed by atoms with Gasteiger partial charge in [0, 0.05) is 23.0 Å². The molecule has 0 unspecified atom stereocenters. The molecule has 4 rings (SSSR count). The number of quaternary nitrogens is 1. The molecule has 11 heteroatoms. The van der Waals surface area contributed by atoms with Crippen molar-refractivity contribution in [3.05, 3.63) is 94.2 Å². The number of allylic oxidation sites excluding steroid dienone is 4. The fourth-order valence-corrected chi connectivity index (χ4v) is 6.06. The zero-order chi connectivity index (χ0) is 36.4. The van der Waals surface area contributed by atoms with E-state index in [2.05, 4.69) is 0 Å². The van der Waals surface area contributed by atoms with Crippen LogP contribution in [0.5, 0.6) is 11.5 Å². The minimum atomic E-state index is -1.25. The van der Waals surface area contributed by atoms with Gasteiger partial charge in [-0.25, -0.2) is 13.6 Å². The molecule has 0 spiro atoms. The van der Waals surface area contributed by atoms with Gasteiger partial charge in [0.15, 0.2) is 28.8 Å². The number of nitrogens with zero attached hydrogens (tertiary/aromatic N) is 1. The first-order valence-corrected chi connectivity index (χ1v) is 16.3. The van der Waals surface area contributed by atoms with Gasteiger partial charge in [-0.2, -0.15) is 9.59 Å². The molecular weight excluding hydrogens is 636 g/mol. The van der Waals surface area contributed by atoms with Crippen LogP contribution in [0, 0.1) is 11.6 Å². The molecule has 2 aromatic carbocycles. The number of benzene rings is 2. The predicted molar refractivity (Wildman–Crippen MR) is 179 cm³/mol. The lowest BCUT2D eigenvalue weighted by molar-refractivity contribution is -0.745. The van der Waals surface area contributed by atoms with Gasteiger partial charge >= 0.3 is 18.2 Å². The van der Waals surface area contributed by atoms with Crippen LogP contribution < -0.4 is 9.47 Å². The topological polar surface area (TPSA) is 97.4 Å². The summed E-state index contributed by atoms with van der Waals surface area (Å²) >= 11 is 0. The second-order valence-electron chi connectivity index (χ2n) is 14.0. The highest BCUT2D eigenvalue weighted by Crippen LogP contribution is 2.48. The van der Waals surface area contributed by atoms with Crippen LogP contribution in [-0.2, 0) is 24.4 Å². The smallest absolute Gasteiger partial charge is 0.491 e. The molecule has 264 valence electrons. The van der Waals surface area contributed by atoms with Gasteiger partial charge in [-0.15, -0.1) is 0 Å². The van der Waals surface area contributed by atoms with Gasteiger partial charge in [0.05, 0.1) is 20.3 Å². The maximum absolute atomic E-state index is 15.5. The minimum Gasteiger partial charge on any atom is -0.491 e. The SMILES string of the molecule is CCOc1ccc(C2(c3ccc(OCC)c(F)c3)C=CC3=C(C=C(C(=O)OC)CC[N+]3(C(=O)OC(C)(C)C)C(=O)OC(C)(C)C)C2)cc1F. The van der Waals surface area contributed by atoms with E-state index in [9.17, 15) is 14.4 Å². The van der Waals surface area contributed by atoms with Gasteiger partial charge in [-0.3, -0.25) is 0 Å². The normalized spacial score (nSPS) is 16.9. The maximum Gasteiger partial charge on any atom is 0.532 e. The Balaban J connectivity index is 2.05. The molecule has 0 N–H and O–H groups in total. The average molecular weight is 683 g/mol. The number of esters is 1. The number of rotatable bonds is 7. The summed E-state index contributed by atoms with van der Waals surface area (Å²) in [6.07, 6.45) is 3.03. The number of carbonyl (C=O) groups is 3. The van der Waals surface area contributed by atoms with Crippen molar-refractivity contribution in [2.24, 2.45) is 0 Å². The second-order valence-corrected chi connectivity index (χ2v) is 14.0. The monoisotopic (exact) mass is 682 g/mol.